The van der Waals surface area contributed by atoms with Crippen molar-refractivity contribution in [2.45, 2.75) is 25.1 Å². The highest BCUT2D eigenvalue weighted by Crippen LogP contribution is 2.21. The molecule has 0 aromatic rings. The van der Waals surface area contributed by atoms with Crippen LogP contribution in [-0.2, 0) is 9.53 Å². The van der Waals surface area contributed by atoms with Crippen molar-refractivity contribution in [3.63, 3.8) is 0 Å². The zero-order valence-electron chi connectivity index (χ0n) is 7.92. The lowest BCUT2D eigenvalue weighted by Gasteiger charge is -2.11. The summed E-state index contributed by atoms with van der Waals surface area (Å²) in [6.45, 7) is 3.24. The van der Waals surface area contributed by atoms with Gasteiger partial charge in [0.05, 0.1) is 0 Å². The van der Waals surface area contributed by atoms with E-state index in [2.05, 4.69) is 11.3 Å². The fraction of sp³-hybridized carbons (Fsp3) is 0.625. The largest absolute Gasteiger partial charge is 0.460 e. The maximum Gasteiger partial charge on any atom is 0.389 e. The number of carbonyl (C=O) groups excluding carboxylic acids is 1. The minimum absolute atomic E-state index is 0. The number of carbonyl (C=O) groups is 1. The Kier molecular flexibility index (Phi) is 8.37. The Balaban J connectivity index is 0. The number of nitrogens with two attached hydrogens (primary N) is 1. The molecule has 0 aromatic heterocycles. The SMILES string of the molecule is C=CCOC(=O)[C@@H](N)CCC(F)(F)F.Cl. The van der Waals surface area contributed by atoms with Crippen LogP contribution >= 0.6 is 12.4 Å². The Bertz CT molecular complexity index is 209. The van der Waals surface area contributed by atoms with Gasteiger partial charge in [-0.1, -0.05) is 12.7 Å². The summed E-state index contributed by atoms with van der Waals surface area (Å²) in [6, 6.07) is -1.23. The van der Waals surface area contributed by atoms with E-state index in [1.54, 1.807) is 0 Å². The second-order valence-corrected chi connectivity index (χ2v) is 2.68. The zero-order valence-corrected chi connectivity index (χ0v) is 8.74. The van der Waals surface area contributed by atoms with E-state index in [1.165, 1.54) is 6.08 Å². The summed E-state index contributed by atoms with van der Waals surface area (Å²) in [5, 5.41) is 0. The van der Waals surface area contributed by atoms with Crippen molar-refractivity contribution in [1.29, 1.82) is 0 Å². The molecule has 0 radical (unpaired) electrons. The van der Waals surface area contributed by atoms with Gasteiger partial charge in [-0.25, -0.2) is 0 Å². The highest BCUT2D eigenvalue weighted by Gasteiger charge is 2.29. The second-order valence-electron chi connectivity index (χ2n) is 2.68. The predicted octanol–water partition coefficient (Wildman–Crippen LogP) is 1.81. The topological polar surface area (TPSA) is 52.3 Å². The van der Waals surface area contributed by atoms with Crippen molar-refractivity contribution >= 4 is 18.4 Å². The van der Waals surface area contributed by atoms with Gasteiger partial charge in [0.15, 0.2) is 0 Å². The summed E-state index contributed by atoms with van der Waals surface area (Å²) in [7, 11) is 0. The number of alkyl halides is 3. The molecule has 0 heterocycles. The molecule has 1 atom stereocenters. The fourth-order valence-corrected chi connectivity index (χ4v) is 0.685. The Morgan fingerprint density at radius 3 is 2.47 bits per heavy atom. The maximum atomic E-state index is 11.7. The van der Waals surface area contributed by atoms with Gasteiger partial charge in [-0.15, -0.1) is 12.4 Å². The van der Waals surface area contributed by atoms with Crippen molar-refractivity contribution in [2.24, 2.45) is 5.73 Å². The van der Waals surface area contributed by atoms with Gasteiger partial charge in [-0.3, -0.25) is 4.79 Å². The van der Waals surface area contributed by atoms with Crippen LogP contribution in [0.3, 0.4) is 0 Å². The average Bonchev–Trinajstić information content (AvgIpc) is 2.09. The van der Waals surface area contributed by atoms with Crippen LogP contribution in [0.1, 0.15) is 12.8 Å². The second kappa shape index (κ2) is 7.53. The summed E-state index contributed by atoms with van der Waals surface area (Å²) in [6.07, 6.45) is -4.53. The van der Waals surface area contributed by atoms with Crippen LogP contribution in [0.4, 0.5) is 13.2 Å². The van der Waals surface area contributed by atoms with E-state index in [0.717, 1.165) is 0 Å². The van der Waals surface area contributed by atoms with Crippen molar-refractivity contribution in [1.82, 2.24) is 0 Å². The first-order chi connectivity index (χ1) is 6.37. The molecule has 90 valence electrons. The number of rotatable bonds is 5. The third-order valence-electron chi connectivity index (χ3n) is 1.39. The lowest BCUT2D eigenvalue weighted by atomic mass is 10.2. The van der Waals surface area contributed by atoms with Gasteiger partial charge < -0.3 is 10.5 Å². The molecule has 0 rings (SSSR count). The van der Waals surface area contributed by atoms with E-state index in [9.17, 15) is 18.0 Å². The van der Waals surface area contributed by atoms with Crippen LogP contribution in [0.25, 0.3) is 0 Å². The van der Waals surface area contributed by atoms with Crippen LogP contribution in [0.5, 0.6) is 0 Å². The van der Waals surface area contributed by atoms with E-state index in [4.69, 9.17) is 5.73 Å². The molecule has 0 unspecified atom stereocenters. The van der Waals surface area contributed by atoms with Crippen molar-refractivity contribution in [3.05, 3.63) is 12.7 Å². The number of ether oxygens (including phenoxy) is 1. The Morgan fingerprint density at radius 1 is 1.53 bits per heavy atom. The molecule has 0 fully saturated rings. The predicted molar refractivity (Wildman–Crippen MR) is 51.7 cm³/mol. The normalized spacial score (nSPS) is 12.5. The quantitative estimate of drug-likeness (QED) is 0.595. The van der Waals surface area contributed by atoms with E-state index in [1.807, 2.05) is 0 Å². The molecule has 0 spiro atoms. The van der Waals surface area contributed by atoms with Crippen LogP contribution in [0, 0.1) is 0 Å². The highest BCUT2D eigenvalue weighted by atomic mass is 35.5. The first-order valence-electron chi connectivity index (χ1n) is 3.96. The van der Waals surface area contributed by atoms with Gasteiger partial charge in [0.1, 0.15) is 12.6 Å². The standard InChI is InChI=1S/C8H12F3NO2.ClH/c1-2-5-14-7(13)6(12)3-4-8(9,10)11;/h2,6H,1,3-5,12H2;1H/t6-;/m0./s1. The summed E-state index contributed by atoms with van der Waals surface area (Å²) in [4.78, 5) is 10.9. The van der Waals surface area contributed by atoms with Crippen molar-refractivity contribution in [2.75, 3.05) is 6.61 Å². The molecule has 0 saturated heterocycles. The number of halogens is 4. The molecular weight excluding hydrogens is 235 g/mol. The number of hydrogen-bond acceptors (Lipinski definition) is 3. The zero-order chi connectivity index (χ0) is 11.2. The summed E-state index contributed by atoms with van der Waals surface area (Å²) in [5.41, 5.74) is 5.16. The van der Waals surface area contributed by atoms with E-state index >= 15 is 0 Å². The highest BCUT2D eigenvalue weighted by molar-refractivity contribution is 5.85. The summed E-state index contributed by atoms with van der Waals surface area (Å²) >= 11 is 0. The molecule has 0 saturated carbocycles. The summed E-state index contributed by atoms with van der Waals surface area (Å²) < 4.78 is 39.6. The Labute approximate surface area is 91.9 Å². The minimum Gasteiger partial charge on any atom is -0.460 e. The molecule has 7 heteroatoms. The van der Waals surface area contributed by atoms with Crippen LogP contribution in [0.2, 0.25) is 0 Å². The third-order valence-corrected chi connectivity index (χ3v) is 1.39. The number of hydrogen-bond donors (Lipinski definition) is 1. The number of esters is 1. The summed E-state index contributed by atoms with van der Waals surface area (Å²) in [5.74, 6) is -0.839. The average molecular weight is 248 g/mol. The van der Waals surface area contributed by atoms with Crippen LogP contribution in [0.15, 0.2) is 12.7 Å². The van der Waals surface area contributed by atoms with Gasteiger partial charge in [-0.2, -0.15) is 13.2 Å². The molecule has 0 aliphatic rings. The molecular formula is C8H13ClF3NO2. The van der Waals surface area contributed by atoms with Crippen molar-refractivity contribution in [3.8, 4) is 0 Å². The maximum absolute atomic E-state index is 11.7. The molecule has 15 heavy (non-hydrogen) atoms. The van der Waals surface area contributed by atoms with Crippen molar-refractivity contribution < 1.29 is 22.7 Å². The van der Waals surface area contributed by atoms with E-state index in [-0.39, 0.29) is 19.0 Å². The molecule has 0 aliphatic heterocycles. The van der Waals surface area contributed by atoms with Gasteiger partial charge in [0, 0.05) is 6.42 Å². The molecule has 0 bridgehead atoms. The molecule has 2 N–H and O–H groups in total. The van der Waals surface area contributed by atoms with Gasteiger partial charge in [0.25, 0.3) is 0 Å². The molecule has 3 nitrogen and oxygen atoms in total. The van der Waals surface area contributed by atoms with E-state index in [0.29, 0.717) is 0 Å². The molecule has 0 amide bonds. The molecule has 0 aromatic carbocycles. The first-order valence-corrected chi connectivity index (χ1v) is 3.96. The van der Waals surface area contributed by atoms with E-state index < -0.39 is 31.0 Å². The Hall–Kier alpha value is -0.750. The molecule has 0 aliphatic carbocycles. The van der Waals surface area contributed by atoms with Gasteiger partial charge in [0.2, 0.25) is 0 Å². The Morgan fingerprint density at radius 2 is 2.07 bits per heavy atom. The lowest BCUT2D eigenvalue weighted by Crippen LogP contribution is -2.33. The third kappa shape index (κ3) is 9.55. The minimum atomic E-state index is -4.30. The monoisotopic (exact) mass is 247 g/mol. The lowest BCUT2D eigenvalue weighted by molar-refractivity contribution is -0.148. The first kappa shape index (κ1) is 16.7. The van der Waals surface area contributed by atoms with Crippen LogP contribution < -0.4 is 5.73 Å². The smallest absolute Gasteiger partial charge is 0.389 e. The van der Waals surface area contributed by atoms with Gasteiger partial charge in [-0.05, 0) is 6.42 Å². The van der Waals surface area contributed by atoms with Crippen LogP contribution in [-0.4, -0.2) is 24.8 Å². The van der Waals surface area contributed by atoms with Gasteiger partial charge >= 0.3 is 12.1 Å². The fourth-order valence-electron chi connectivity index (χ4n) is 0.685.